The SMILES string of the molecule is CC(C)Oc1ccc(C(=O)N2CCc3nc(NC(=O)C4CCC4)sc3C2)cc1. The van der Waals surface area contributed by atoms with Crippen LogP contribution in [0.15, 0.2) is 24.3 Å². The van der Waals surface area contributed by atoms with Crippen molar-refractivity contribution in [2.45, 2.75) is 52.2 Å². The maximum absolute atomic E-state index is 12.9. The van der Waals surface area contributed by atoms with E-state index in [2.05, 4.69) is 10.3 Å². The normalized spacial score (nSPS) is 16.5. The average molecular weight is 400 g/mol. The van der Waals surface area contributed by atoms with Crippen LogP contribution in [0.25, 0.3) is 0 Å². The van der Waals surface area contributed by atoms with Crippen LogP contribution < -0.4 is 10.1 Å². The van der Waals surface area contributed by atoms with Gasteiger partial charge < -0.3 is 15.0 Å². The molecule has 28 heavy (non-hydrogen) atoms. The molecule has 4 rings (SSSR count). The first-order valence-corrected chi connectivity index (χ1v) is 10.7. The number of hydrogen-bond donors (Lipinski definition) is 1. The lowest BCUT2D eigenvalue weighted by molar-refractivity contribution is -0.122. The second-order valence-electron chi connectivity index (χ2n) is 7.67. The number of anilines is 1. The molecule has 1 aromatic carbocycles. The zero-order chi connectivity index (χ0) is 19.7. The molecule has 1 aromatic heterocycles. The van der Waals surface area contributed by atoms with Gasteiger partial charge in [0, 0.05) is 29.3 Å². The van der Waals surface area contributed by atoms with Crippen molar-refractivity contribution in [1.29, 1.82) is 0 Å². The number of nitrogens with zero attached hydrogens (tertiary/aromatic N) is 2. The van der Waals surface area contributed by atoms with Gasteiger partial charge >= 0.3 is 0 Å². The maximum Gasteiger partial charge on any atom is 0.254 e. The van der Waals surface area contributed by atoms with Gasteiger partial charge in [0.2, 0.25) is 5.91 Å². The van der Waals surface area contributed by atoms with Crippen LogP contribution in [-0.2, 0) is 17.8 Å². The van der Waals surface area contributed by atoms with Gasteiger partial charge in [-0.3, -0.25) is 9.59 Å². The fourth-order valence-electron chi connectivity index (χ4n) is 3.43. The topological polar surface area (TPSA) is 71.5 Å². The van der Waals surface area contributed by atoms with Gasteiger partial charge in [-0.05, 0) is 51.0 Å². The van der Waals surface area contributed by atoms with Crippen molar-refractivity contribution in [3.8, 4) is 5.75 Å². The molecule has 1 N–H and O–H groups in total. The molecule has 0 bridgehead atoms. The number of ether oxygens (including phenoxy) is 1. The quantitative estimate of drug-likeness (QED) is 0.829. The molecule has 1 aliphatic carbocycles. The highest BCUT2D eigenvalue weighted by Gasteiger charge is 2.28. The largest absolute Gasteiger partial charge is 0.491 e. The Labute approximate surface area is 168 Å². The summed E-state index contributed by atoms with van der Waals surface area (Å²) in [6.45, 7) is 5.12. The number of benzene rings is 1. The minimum absolute atomic E-state index is 0.00944. The van der Waals surface area contributed by atoms with E-state index in [1.807, 2.05) is 43.0 Å². The molecule has 1 aliphatic heterocycles. The lowest BCUT2D eigenvalue weighted by Gasteiger charge is -2.26. The Kier molecular flexibility index (Phi) is 5.35. The third-order valence-corrected chi connectivity index (χ3v) is 6.20. The Morgan fingerprint density at radius 2 is 2.00 bits per heavy atom. The average Bonchev–Trinajstić information content (AvgIpc) is 3.00. The number of rotatable bonds is 5. The molecule has 0 spiro atoms. The highest BCUT2D eigenvalue weighted by molar-refractivity contribution is 7.15. The summed E-state index contributed by atoms with van der Waals surface area (Å²) in [4.78, 5) is 32.5. The standard InChI is InChI=1S/C21H25N3O3S/c1-13(2)27-16-8-6-15(7-9-16)20(26)24-11-10-17-18(12-24)28-21(22-17)23-19(25)14-4-3-5-14/h6-9,13-14H,3-5,10-12H2,1-2H3,(H,22,23,25). The molecule has 2 aromatic rings. The second-order valence-corrected chi connectivity index (χ2v) is 8.76. The number of carbonyl (C=O) groups excluding carboxylic acids is 2. The molecule has 0 unspecified atom stereocenters. The number of thiazole rings is 1. The number of fused-ring (bicyclic) bond motifs is 1. The van der Waals surface area contributed by atoms with E-state index in [4.69, 9.17) is 4.74 Å². The molecule has 2 aliphatic rings. The van der Waals surface area contributed by atoms with Gasteiger partial charge in [0.05, 0.1) is 18.3 Å². The summed E-state index contributed by atoms with van der Waals surface area (Å²) >= 11 is 1.48. The summed E-state index contributed by atoms with van der Waals surface area (Å²) in [6, 6.07) is 7.30. The molecular formula is C21H25N3O3S. The molecule has 1 fully saturated rings. The first kappa shape index (κ1) is 18.9. The highest BCUT2D eigenvalue weighted by Crippen LogP contribution is 2.32. The Hall–Kier alpha value is -2.41. The number of hydrogen-bond acceptors (Lipinski definition) is 5. The number of nitrogens with one attached hydrogen (secondary N) is 1. The minimum Gasteiger partial charge on any atom is -0.491 e. The van der Waals surface area contributed by atoms with Gasteiger partial charge in [-0.1, -0.05) is 17.8 Å². The van der Waals surface area contributed by atoms with Crippen LogP contribution in [-0.4, -0.2) is 34.3 Å². The minimum atomic E-state index is 0.00944. The monoisotopic (exact) mass is 399 g/mol. The van der Waals surface area contributed by atoms with Crippen molar-refractivity contribution < 1.29 is 14.3 Å². The van der Waals surface area contributed by atoms with E-state index in [1.165, 1.54) is 11.3 Å². The molecule has 2 heterocycles. The Bertz CT molecular complexity index is 872. The van der Waals surface area contributed by atoms with Crippen molar-refractivity contribution in [3.05, 3.63) is 40.4 Å². The third kappa shape index (κ3) is 4.04. The summed E-state index contributed by atoms with van der Waals surface area (Å²) in [6.07, 6.45) is 3.90. The lowest BCUT2D eigenvalue weighted by atomic mass is 9.85. The molecule has 0 atom stereocenters. The number of amides is 2. The molecule has 2 amide bonds. The van der Waals surface area contributed by atoms with E-state index >= 15 is 0 Å². The van der Waals surface area contributed by atoms with E-state index in [9.17, 15) is 9.59 Å². The van der Waals surface area contributed by atoms with E-state index in [1.54, 1.807) is 0 Å². The Balaban J connectivity index is 1.40. The molecule has 6 nitrogen and oxygen atoms in total. The fourth-order valence-corrected chi connectivity index (χ4v) is 4.46. The van der Waals surface area contributed by atoms with Gasteiger partial charge in [0.1, 0.15) is 5.75 Å². The highest BCUT2D eigenvalue weighted by atomic mass is 32.1. The van der Waals surface area contributed by atoms with Gasteiger partial charge in [-0.2, -0.15) is 0 Å². The van der Waals surface area contributed by atoms with Gasteiger partial charge in [0.25, 0.3) is 5.91 Å². The van der Waals surface area contributed by atoms with E-state index in [0.29, 0.717) is 30.2 Å². The van der Waals surface area contributed by atoms with E-state index in [-0.39, 0.29) is 23.8 Å². The summed E-state index contributed by atoms with van der Waals surface area (Å²) < 4.78 is 5.64. The second kappa shape index (κ2) is 7.91. The zero-order valence-corrected chi connectivity index (χ0v) is 17.1. The van der Waals surface area contributed by atoms with E-state index < -0.39 is 0 Å². The van der Waals surface area contributed by atoms with Crippen LogP contribution >= 0.6 is 11.3 Å². The van der Waals surface area contributed by atoms with E-state index in [0.717, 1.165) is 35.6 Å². The number of aromatic nitrogens is 1. The summed E-state index contributed by atoms with van der Waals surface area (Å²) in [5, 5.41) is 3.61. The molecule has 7 heteroatoms. The van der Waals surface area contributed by atoms with Crippen LogP contribution in [0.4, 0.5) is 5.13 Å². The maximum atomic E-state index is 12.9. The summed E-state index contributed by atoms with van der Waals surface area (Å²) in [7, 11) is 0. The van der Waals surface area contributed by atoms with Crippen molar-refractivity contribution in [1.82, 2.24) is 9.88 Å². The molecule has 0 saturated heterocycles. The zero-order valence-electron chi connectivity index (χ0n) is 16.2. The van der Waals surface area contributed by atoms with Gasteiger partial charge in [-0.15, -0.1) is 0 Å². The van der Waals surface area contributed by atoms with Crippen LogP contribution in [0, 0.1) is 5.92 Å². The third-order valence-electron chi connectivity index (χ3n) is 5.20. The summed E-state index contributed by atoms with van der Waals surface area (Å²) in [5.74, 6) is 0.993. The molecule has 0 radical (unpaired) electrons. The lowest BCUT2D eigenvalue weighted by Crippen LogP contribution is -2.35. The smallest absolute Gasteiger partial charge is 0.254 e. The van der Waals surface area contributed by atoms with Crippen LogP contribution in [0.5, 0.6) is 5.75 Å². The Morgan fingerprint density at radius 1 is 1.25 bits per heavy atom. The predicted octanol–water partition coefficient (Wildman–Crippen LogP) is 3.87. The van der Waals surface area contributed by atoms with Crippen molar-refractivity contribution >= 4 is 28.3 Å². The van der Waals surface area contributed by atoms with Crippen LogP contribution in [0.3, 0.4) is 0 Å². The first-order chi connectivity index (χ1) is 13.5. The van der Waals surface area contributed by atoms with Crippen LogP contribution in [0.2, 0.25) is 0 Å². The van der Waals surface area contributed by atoms with Gasteiger partial charge in [0.15, 0.2) is 5.13 Å². The van der Waals surface area contributed by atoms with Crippen LogP contribution in [0.1, 0.15) is 54.0 Å². The van der Waals surface area contributed by atoms with Crippen molar-refractivity contribution in [3.63, 3.8) is 0 Å². The molecule has 1 saturated carbocycles. The first-order valence-electron chi connectivity index (χ1n) is 9.85. The number of carbonyl (C=O) groups is 2. The Morgan fingerprint density at radius 3 is 2.64 bits per heavy atom. The molecular weight excluding hydrogens is 374 g/mol. The van der Waals surface area contributed by atoms with Gasteiger partial charge in [-0.25, -0.2) is 4.98 Å². The summed E-state index contributed by atoms with van der Waals surface area (Å²) in [5.41, 5.74) is 1.65. The van der Waals surface area contributed by atoms with Crippen molar-refractivity contribution in [2.24, 2.45) is 5.92 Å². The molecule has 148 valence electrons. The predicted molar refractivity (Wildman–Crippen MR) is 109 cm³/mol. The van der Waals surface area contributed by atoms with Crippen molar-refractivity contribution in [2.75, 3.05) is 11.9 Å². The fraction of sp³-hybridized carbons (Fsp3) is 0.476.